The normalized spacial score (nSPS) is 25.2. The first kappa shape index (κ1) is 18.6. The fourth-order valence-electron chi connectivity index (χ4n) is 2.48. The van der Waals surface area contributed by atoms with Crippen LogP contribution in [0.3, 0.4) is 0 Å². The van der Waals surface area contributed by atoms with Crippen LogP contribution in [0.4, 0.5) is 0 Å². The molecule has 0 aromatic rings. The van der Waals surface area contributed by atoms with Crippen molar-refractivity contribution in [3.63, 3.8) is 0 Å². The number of carbonyl (C=O) groups is 3. The van der Waals surface area contributed by atoms with Gasteiger partial charge in [-0.25, -0.2) is 4.79 Å². The number of aliphatic carboxylic acids is 1. The lowest BCUT2D eigenvalue weighted by Crippen LogP contribution is -2.71. The van der Waals surface area contributed by atoms with Gasteiger partial charge in [0.2, 0.25) is 0 Å². The molecule has 0 radical (unpaired) electrons. The molecule has 130 valence electrons. The Balaban J connectivity index is 2.16. The van der Waals surface area contributed by atoms with Crippen LogP contribution in [0.2, 0.25) is 0 Å². The molecule has 0 saturated carbocycles. The number of hydrogen-bond acceptors (Lipinski definition) is 7. The molecule has 1 saturated heterocycles. The van der Waals surface area contributed by atoms with Crippen molar-refractivity contribution in [3.05, 3.63) is 11.3 Å². The molecule has 2 rings (SSSR count). The van der Waals surface area contributed by atoms with E-state index in [1.807, 2.05) is 0 Å². The van der Waals surface area contributed by atoms with E-state index in [0.717, 1.165) is 4.90 Å². The lowest BCUT2D eigenvalue weighted by atomic mass is 10.0. The number of β-lactam (4-membered cyclic amide) rings is 1. The molecule has 11 heteroatoms. The SMILES string of the molecule is COCC1=C(C(=O)O)N2C(=O)C(NC(=O)C(C#N)[S+](C)[O-])[C@@H]2SC1. The largest absolute Gasteiger partial charge is 0.615 e. The first-order valence-corrected chi connectivity index (χ1v) is 9.41. The van der Waals surface area contributed by atoms with Gasteiger partial charge in [-0.3, -0.25) is 14.5 Å². The zero-order chi connectivity index (χ0) is 18.0. The van der Waals surface area contributed by atoms with Crippen molar-refractivity contribution in [2.24, 2.45) is 0 Å². The smallest absolute Gasteiger partial charge is 0.352 e. The molecule has 9 nitrogen and oxygen atoms in total. The summed E-state index contributed by atoms with van der Waals surface area (Å²) in [6.45, 7) is 0.0908. The van der Waals surface area contributed by atoms with E-state index in [1.54, 1.807) is 6.07 Å². The number of thioether (sulfide) groups is 1. The van der Waals surface area contributed by atoms with Crippen molar-refractivity contribution >= 4 is 40.7 Å². The predicted molar refractivity (Wildman–Crippen MR) is 85.0 cm³/mol. The minimum atomic E-state index is -1.70. The second-order valence-corrected chi connectivity index (χ2v) is 7.67. The summed E-state index contributed by atoms with van der Waals surface area (Å²) in [6, 6.07) is 0.684. The second-order valence-electron chi connectivity index (χ2n) is 5.09. The number of nitrogens with one attached hydrogen (secondary N) is 1. The maximum absolute atomic E-state index is 12.3. The Morgan fingerprint density at radius 3 is 2.83 bits per heavy atom. The van der Waals surface area contributed by atoms with E-state index in [2.05, 4.69) is 5.32 Å². The van der Waals surface area contributed by atoms with Crippen molar-refractivity contribution in [2.45, 2.75) is 16.7 Å². The zero-order valence-electron chi connectivity index (χ0n) is 12.8. The van der Waals surface area contributed by atoms with E-state index < -0.39 is 45.6 Å². The van der Waals surface area contributed by atoms with Gasteiger partial charge in [0, 0.05) is 12.9 Å². The van der Waals surface area contributed by atoms with Crippen molar-refractivity contribution < 1.29 is 28.8 Å². The molecule has 0 aliphatic carbocycles. The monoisotopic (exact) mass is 373 g/mol. The molecule has 2 N–H and O–H groups in total. The van der Waals surface area contributed by atoms with E-state index in [0.29, 0.717) is 11.3 Å². The van der Waals surface area contributed by atoms with E-state index in [-0.39, 0.29) is 12.3 Å². The van der Waals surface area contributed by atoms with E-state index in [9.17, 15) is 24.0 Å². The molecule has 0 aromatic heterocycles. The van der Waals surface area contributed by atoms with Crippen LogP contribution in [0.1, 0.15) is 0 Å². The number of nitrogens with zero attached hydrogens (tertiary/aromatic N) is 2. The lowest BCUT2D eigenvalue weighted by molar-refractivity contribution is -0.150. The Morgan fingerprint density at radius 1 is 1.67 bits per heavy atom. The Labute approximate surface area is 145 Å². The molecule has 2 amide bonds. The second kappa shape index (κ2) is 7.43. The summed E-state index contributed by atoms with van der Waals surface area (Å²) in [5.41, 5.74) is 0.348. The Morgan fingerprint density at radius 2 is 2.33 bits per heavy atom. The average Bonchev–Trinajstić information content (AvgIpc) is 2.52. The highest BCUT2D eigenvalue weighted by Gasteiger charge is 2.54. The van der Waals surface area contributed by atoms with Crippen LogP contribution in [0.25, 0.3) is 0 Å². The number of amides is 2. The summed E-state index contributed by atoms with van der Waals surface area (Å²) in [5.74, 6) is -2.28. The van der Waals surface area contributed by atoms with E-state index >= 15 is 0 Å². The molecule has 0 aromatic carbocycles. The number of ether oxygens (including phenoxy) is 1. The summed E-state index contributed by atoms with van der Waals surface area (Å²) in [5, 5.41) is 18.7. The molecule has 0 spiro atoms. The molecule has 2 aliphatic heterocycles. The van der Waals surface area contributed by atoms with Gasteiger partial charge >= 0.3 is 5.97 Å². The Hall–Kier alpha value is -1.74. The zero-order valence-corrected chi connectivity index (χ0v) is 14.5. The topological polar surface area (TPSA) is 143 Å². The molecular formula is C13H15N3O6S2. The summed E-state index contributed by atoms with van der Waals surface area (Å²) < 4.78 is 16.3. The molecular weight excluding hydrogens is 358 g/mol. The number of methoxy groups -OCH3 is 1. The number of carboxylic acids is 1. The minimum absolute atomic E-state index is 0.0908. The van der Waals surface area contributed by atoms with Gasteiger partial charge in [-0.2, -0.15) is 5.26 Å². The molecule has 2 heterocycles. The van der Waals surface area contributed by atoms with Crippen LogP contribution in [0, 0.1) is 11.3 Å². The van der Waals surface area contributed by atoms with Crippen molar-refractivity contribution in [2.75, 3.05) is 25.7 Å². The van der Waals surface area contributed by atoms with Crippen LogP contribution < -0.4 is 5.32 Å². The number of hydrogen-bond donors (Lipinski definition) is 2. The highest BCUT2D eigenvalue weighted by Crippen LogP contribution is 2.40. The standard InChI is InChI=1S/C13H15N3O6S2/c1-22-4-6-5-23-12-8(11(18)16(12)9(6)13(19)20)15-10(17)7(3-14)24(2)21/h7-8,12H,4-5H2,1-2H3,(H,15,17)(H,19,20)/t7?,8?,12-,24?/m0/s1. The van der Waals surface area contributed by atoms with Gasteiger partial charge in [-0.15, -0.1) is 11.8 Å². The number of carbonyl (C=O) groups excluding carboxylic acids is 2. The number of nitriles is 1. The van der Waals surface area contributed by atoms with Crippen molar-refractivity contribution in [1.29, 1.82) is 5.26 Å². The number of rotatable bonds is 6. The van der Waals surface area contributed by atoms with Gasteiger partial charge in [0.15, 0.2) is 0 Å². The number of fused-ring (bicyclic) bond motifs is 1. The predicted octanol–water partition coefficient (Wildman–Crippen LogP) is -1.36. The average molecular weight is 373 g/mol. The maximum Gasteiger partial charge on any atom is 0.352 e. The first-order valence-electron chi connectivity index (χ1n) is 6.74. The van der Waals surface area contributed by atoms with Gasteiger partial charge < -0.3 is 19.7 Å². The van der Waals surface area contributed by atoms with Crippen molar-refractivity contribution in [1.82, 2.24) is 10.2 Å². The highest BCUT2D eigenvalue weighted by molar-refractivity contribution is 8.00. The van der Waals surface area contributed by atoms with Crippen LogP contribution >= 0.6 is 11.8 Å². The van der Waals surface area contributed by atoms with Crippen LogP contribution in [-0.4, -0.2) is 74.7 Å². The quantitative estimate of drug-likeness (QED) is 0.429. The summed E-state index contributed by atoms with van der Waals surface area (Å²) >= 11 is -0.402. The molecule has 1 fully saturated rings. The minimum Gasteiger partial charge on any atom is -0.615 e. The first-order chi connectivity index (χ1) is 11.3. The van der Waals surface area contributed by atoms with Gasteiger partial charge in [0.25, 0.3) is 17.1 Å². The maximum atomic E-state index is 12.3. The molecule has 2 aliphatic rings. The van der Waals surface area contributed by atoms with Gasteiger partial charge in [-0.05, 0) is 16.7 Å². The number of carboxylic acid groups (broad SMARTS) is 1. The van der Waals surface area contributed by atoms with Crippen LogP contribution in [-0.2, 0) is 30.3 Å². The fraction of sp³-hybridized carbons (Fsp3) is 0.538. The summed E-state index contributed by atoms with van der Waals surface area (Å²) in [7, 11) is 1.43. The fourth-order valence-corrected chi connectivity index (χ4v) is 4.33. The van der Waals surface area contributed by atoms with Gasteiger partial charge in [-0.1, -0.05) is 0 Å². The molecule has 24 heavy (non-hydrogen) atoms. The third-order valence-corrected chi connectivity index (χ3v) is 5.88. The molecule has 4 atom stereocenters. The van der Waals surface area contributed by atoms with Gasteiger partial charge in [0.05, 0.1) is 12.9 Å². The molecule has 3 unspecified atom stereocenters. The van der Waals surface area contributed by atoms with Gasteiger partial charge in [0.1, 0.15) is 23.2 Å². The van der Waals surface area contributed by atoms with E-state index in [4.69, 9.17) is 10.00 Å². The summed E-state index contributed by atoms with van der Waals surface area (Å²) in [6.07, 6.45) is 1.22. The van der Waals surface area contributed by atoms with Crippen LogP contribution in [0.5, 0.6) is 0 Å². The third kappa shape index (κ3) is 3.23. The third-order valence-electron chi connectivity index (χ3n) is 3.55. The summed E-state index contributed by atoms with van der Waals surface area (Å²) in [4.78, 5) is 36.8. The molecule has 0 bridgehead atoms. The highest BCUT2D eigenvalue weighted by atomic mass is 32.2. The van der Waals surface area contributed by atoms with E-state index in [1.165, 1.54) is 25.1 Å². The van der Waals surface area contributed by atoms with Crippen molar-refractivity contribution in [3.8, 4) is 6.07 Å². The lowest BCUT2D eigenvalue weighted by Gasteiger charge is -2.49. The Bertz CT molecular complexity index is 644. The Kier molecular flexibility index (Phi) is 5.76. The van der Waals surface area contributed by atoms with Crippen LogP contribution in [0.15, 0.2) is 11.3 Å².